The zero-order chi connectivity index (χ0) is 14.9. The Hall–Kier alpha value is -2.22. The second kappa shape index (κ2) is 6.04. The average Bonchev–Trinajstić information content (AvgIpc) is 2.80. The van der Waals surface area contributed by atoms with Crippen molar-refractivity contribution in [2.45, 2.75) is 6.18 Å². The van der Waals surface area contributed by atoms with Gasteiger partial charge in [-0.25, -0.2) is 0 Å². The molecule has 1 aromatic heterocycles. The van der Waals surface area contributed by atoms with Gasteiger partial charge < -0.3 is 10.7 Å². The molecule has 0 aliphatic rings. The lowest BCUT2D eigenvalue weighted by atomic mass is 10.1. The highest BCUT2D eigenvalue weighted by atomic mass is 35.5. The Morgan fingerprint density at radius 2 is 2.00 bits per heavy atom. The van der Waals surface area contributed by atoms with Crippen LogP contribution in [0.5, 0.6) is 0 Å². The molecule has 114 valence electrons. The Bertz CT molecular complexity index is 693. The molecule has 1 aromatic carbocycles. The van der Waals surface area contributed by atoms with E-state index in [-0.39, 0.29) is 29.4 Å². The Labute approximate surface area is 123 Å². The molecule has 0 saturated carbocycles. The standard InChI is InChI=1S/C12H11F3N4O.ClH/c1-17-11(16)19-10(20)9-5-6-4-7(12(13,14)15)2-3-8(6)18-9;/h2-5,18H,1H3,(H3,16,17,19,20);1H. The Morgan fingerprint density at radius 1 is 1.33 bits per heavy atom. The minimum absolute atomic E-state index is 0. The number of nitrogens with one attached hydrogen (secondary N) is 2. The van der Waals surface area contributed by atoms with Gasteiger partial charge in [0.05, 0.1) is 5.56 Å². The molecule has 0 aliphatic heterocycles. The fraction of sp³-hybridized carbons (Fsp3) is 0.167. The third-order valence-electron chi connectivity index (χ3n) is 2.68. The summed E-state index contributed by atoms with van der Waals surface area (Å²) < 4.78 is 37.7. The Kier molecular flexibility index (Phi) is 4.84. The number of halogens is 4. The molecule has 21 heavy (non-hydrogen) atoms. The number of fused-ring (bicyclic) bond motifs is 1. The molecule has 0 bridgehead atoms. The zero-order valence-electron chi connectivity index (χ0n) is 10.8. The van der Waals surface area contributed by atoms with Crippen molar-refractivity contribution in [3.05, 3.63) is 35.5 Å². The highest BCUT2D eigenvalue weighted by molar-refractivity contribution is 6.06. The minimum atomic E-state index is -4.42. The first-order chi connectivity index (χ1) is 9.31. The maximum atomic E-state index is 12.6. The van der Waals surface area contributed by atoms with Gasteiger partial charge in [-0.15, -0.1) is 12.4 Å². The van der Waals surface area contributed by atoms with E-state index in [2.05, 4.69) is 15.3 Å². The molecule has 2 aromatic rings. The Balaban J connectivity index is 0.00000220. The molecule has 1 heterocycles. The maximum absolute atomic E-state index is 12.6. The number of carbonyl (C=O) groups is 1. The number of amides is 1. The molecule has 4 N–H and O–H groups in total. The average molecular weight is 321 g/mol. The number of H-pyrrole nitrogens is 1. The van der Waals surface area contributed by atoms with Crippen LogP contribution in [0.4, 0.5) is 13.2 Å². The number of guanidine groups is 1. The summed E-state index contributed by atoms with van der Waals surface area (Å²) in [5.74, 6) is -0.650. The van der Waals surface area contributed by atoms with E-state index in [4.69, 9.17) is 5.73 Å². The van der Waals surface area contributed by atoms with Crippen LogP contribution in [0.25, 0.3) is 10.9 Å². The normalized spacial score (nSPS) is 12.1. The van der Waals surface area contributed by atoms with Gasteiger partial charge in [-0.05, 0) is 24.3 Å². The van der Waals surface area contributed by atoms with Crippen molar-refractivity contribution < 1.29 is 18.0 Å². The quantitative estimate of drug-likeness (QED) is 0.556. The summed E-state index contributed by atoms with van der Waals surface area (Å²) in [6.07, 6.45) is -4.42. The fourth-order valence-electron chi connectivity index (χ4n) is 1.67. The van der Waals surface area contributed by atoms with Crippen molar-refractivity contribution >= 4 is 35.2 Å². The van der Waals surface area contributed by atoms with E-state index in [1.165, 1.54) is 19.2 Å². The number of aromatic amines is 1. The minimum Gasteiger partial charge on any atom is -0.370 e. The van der Waals surface area contributed by atoms with Crippen LogP contribution < -0.4 is 11.1 Å². The van der Waals surface area contributed by atoms with E-state index < -0.39 is 17.6 Å². The monoisotopic (exact) mass is 320 g/mol. The second-order valence-electron chi connectivity index (χ2n) is 4.05. The lowest BCUT2D eigenvalue weighted by Gasteiger charge is -2.05. The smallest absolute Gasteiger partial charge is 0.370 e. The number of alkyl halides is 3. The van der Waals surface area contributed by atoms with Gasteiger partial charge in [0, 0.05) is 18.0 Å². The van der Waals surface area contributed by atoms with Crippen molar-refractivity contribution in [1.82, 2.24) is 10.3 Å². The molecule has 1 amide bonds. The van der Waals surface area contributed by atoms with E-state index in [1.807, 2.05) is 0 Å². The van der Waals surface area contributed by atoms with E-state index >= 15 is 0 Å². The summed E-state index contributed by atoms with van der Waals surface area (Å²) >= 11 is 0. The van der Waals surface area contributed by atoms with Crippen LogP contribution in [-0.4, -0.2) is 23.9 Å². The molecule has 5 nitrogen and oxygen atoms in total. The molecule has 0 saturated heterocycles. The first-order valence-electron chi connectivity index (χ1n) is 5.55. The van der Waals surface area contributed by atoms with Gasteiger partial charge >= 0.3 is 6.18 Å². The summed E-state index contributed by atoms with van der Waals surface area (Å²) in [6.45, 7) is 0. The van der Waals surface area contributed by atoms with Gasteiger partial charge in [0.15, 0.2) is 5.96 Å². The van der Waals surface area contributed by atoms with Crippen LogP contribution in [0.2, 0.25) is 0 Å². The largest absolute Gasteiger partial charge is 0.416 e. The first kappa shape index (κ1) is 16.8. The SMILES string of the molecule is CN=C(N)NC(=O)c1cc2cc(C(F)(F)F)ccc2[nH]1.Cl. The molecule has 0 atom stereocenters. The van der Waals surface area contributed by atoms with E-state index in [9.17, 15) is 18.0 Å². The van der Waals surface area contributed by atoms with E-state index in [0.717, 1.165) is 12.1 Å². The molecular weight excluding hydrogens is 309 g/mol. The molecule has 0 spiro atoms. The number of aromatic nitrogens is 1. The van der Waals surface area contributed by atoms with Crippen LogP contribution in [0.15, 0.2) is 29.3 Å². The third-order valence-corrected chi connectivity index (χ3v) is 2.68. The van der Waals surface area contributed by atoms with Gasteiger partial charge in [-0.1, -0.05) is 0 Å². The summed E-state index contributed by atoms with van der Waals surface area (Å²) in [6, 6.07) is 4.51. The van der Waals surface area contributed by atoms with Crippen molar-refractivity contribution in [2.24, 2.45) is 10.7 Å². The van der Waals surface area contributed by atoms with Crippen molar-refractivity contribution in [1.29, 1.82) is 0 Å². The van der Waals surface area contributed by atoms with E-state index in [1.54, 1.807) is 0 Å². The van der Waals surface area contributed by atoms with E-state index in [0.29, 0.717) is 5.52 Å². The summed E-state index contributed by atoms with van der Waals surface area (Å²) in [5.41, 5.74) is 5.10. The molecule has 0 radical (unpaired) electrons. The maximum Gasteiger partial charge on any atom is 0.416 e. The molecule has 0 fully saturated rings. The number of nitrogens with two attached hydrogens (primary N) is 1. The van der Waals surface area contributed by atoms with Crippen molar-refractivity contribution in [3.8, 4) is 0 Å². The summed E-state index contributed by atoms with van der Waals surface area (Å²) in [4.78, 5) is 18.0. The van der Waals surface area contributed by atoms with Crippen molar-refractivity contribution in [2.75, 3.05) is 7.05 Å². The van der Waals surface area contributed by atoms with Crippen LogP contribution in [0.3, 0.4) is 0 Å². The van der Waals surface area contributed by atoms with Crippen LogP contribution in [-0.2, 0) is 6.18 Å². The molecule has 0 aliphatic carbocycles. The van der Waals surface area contributed by atoms with Gasteiger partial charge in [-0.2, -0.15) is 13.2 Å². The number of hydrogen-bond donors (Lipinski definition) is 3. The number of rotatable bonds is 1. The number of aliphatic imine (C=N–C) groups is 1. The second-order valence-corrected chi connectivity index (χ2v) is 4.05. The predicted molar refractivity (Wildman–Crippen MR) is 75.6 cm³/mol. The van der Waals surface area contributed by atoms with Gasteiger partial charge in [-0.3, -0.25) is 15.1 Å². The van der Waals surface area contributed by atoms with Gasteiger partial charge in [0.25, 0.3) is 5.91 Å². The van der Waals surface area contributed by atoms with Crippen LogP contribution >= 0.6 is 12.4 Å². The number of carbonyl (C=O) groups excluding carboxylic acids is 1. The zero-order valence-corrected chi connectivity index (χ0v) is 11.6. The molecule has 2 rings (SSSR count). The fourth-order valence-corrected chi connectivity index (χ4v) is 1.67. The topological polar surface area (TPSA) is 83.3 Å². The lowest BCUT2D eigenvalue weighted by Crippen LogP contribution is -2.36. The van der Waals surface area contributed by atoms with Crippen LogP contribution in [0, 0.1) is 0 Å². The highest BCUT2D eigenvalue weighted by Gasteiger charge is 2.30. The van der Waals surface area contributed by atoms with Gasteiger partial charge in [0.2, 0.25) is 0 Å². The molecule has 9 heteroatoms. The highest BCUT2D eigenvalue weighted by Crippen LogP contribution is 2.31. The number of hydrogen-bond acceptors (Lipinski definition) is 2. The first-order valence-corrected chi connectivity index (χ1v) is 5.55. The third kappa shape index (κ3) is 3.66. The predicted octanol–water partition coefficient (Wildman–Crippen LogP) is 2.28. The van der Waals surface area contributed by atoms with Crippen LogP contribution in [0.1, 0.15) is 16.1 Å². The summed E-state index contributed by atoms with van der Waals surface area (Å²) in [7, 11) is 1.40. The molecule has 0 unspecified atom stereocenters. The lowest BCUT2D eigenvalue weighted by molar-refractivity contribution is -0.137. The number of benzene rings is 1. The van der Waals surface area contributed by atoms with Gasteiger partial charge in [0.1, 0.15) is 5.69 Å². The van der Waals surface area contributed by atoms with Crippen molar-refractivity contribution in [3.63, 3.8) is 0 Å². The molecular formula is C12H12ClF3N4O. The summed E-state index contributed by atoms with van der Waals surface area (Å²) in [5, 5.41) is 2.58. The number of nitrogens with zero attached hydrogens (tertiary/aromatic N) is 1. The Morgan fingerprint density at radius 3 is 2.57 bits per heavy atom.